The molecular weight excluding hydrogens is 99.5 g/mol. The number of methoxy groups -OCH3 is 1. The first-order valence-electron chi connectivity index (χ1n) is 1.62. The third kappa shape index (κ3) is 3.83. The summed E-state index contributed by atoms with van der Waals surface area (Å²) in [5, 5.41) is 0.664. The molecule has 0 saturated heterocycles. The molecule has 2 heteroatoms. The monoisotopic (exact) mass is 106 g/mol. The van der Waals surface area contributed by atoms with Crippen LogP contribution in [0.25, 0.3) is 0 Å². The minimum atomic E-state index is 0.664. The lowest BCUT2D eigenvalue weighted by Crippen LogP contribution is -1.63. The average Bonchev–Trinajstić information content (AvgIpc) is 1.35. The third-order valence-electron chi connectivity index (χ3n) is 0.280. The first-order valence-corrected chi connectivity index (χ1v) is 2.00. The van der Waals surface area contributed by atoms with Crippen LogP contribution in [0.15, 0.2) is 11.3 Å². The maximum atomic E-state index is 5.31. The molecule has 36 valence electrons. The molecule has 0 aliphatic heterocycles. The standard InChI is InChI=1S/C4H7ClO/c1-4(5)3-6-2/h3H,1-2H3. The summed E-state index contributed by atoms with van der Waals surface area (Å²) < 4.78 is 4.51. The van der Waals surface area contributed by atoms with Gasteiger partial charge in [0.15, 0.2) is 0 Å². The largest absolute Gasteiger partial charge is 0.503 e. The van der Waals surface area contributed by atoms with E-state index in [2.05, 4.69) is 4.74 Å². The Bertz CT molecular complexity index is 54.6. The topological polar surface area (TPSA) is 9.23 Å². The van der Waals surface area contributed by atoms with Crippen molar-refractivity contribution in [2.24, 2.45) is 0 Å². The van der Waals surface area contributed by atoms with Crippen molar-refractivity contribution in [3.63, 3.8) is 0 Å². The highest BCUT2D eigenvalue weighted by atomic mass is 35.5. The van der Waals surface area contributed by atoms with Gasteiger partial charge in [-0.1, -0.05) is 11.6 Å². The van der Waals surface area contributed by atoms with Crippen LogP contribution in [0, 0.1) is 0 Å². The van der Waals surface area contributed by atoms with Gasteiger partial charge in [0, 0.05) is 5.03 Å². The summed E-state index contributed by atoms with van der Waals surface area (Å²) in [7, 11) is 1.56. The molecule has 0 N–H and O–H groups in total. The third-order valence-corrected chi connectivity index (χ3v) is 0.369. The molecule has 0 fully saturated rings. The second-order valence-corrected chi connectivity index (χ2v) is 1.54. The number of ether oxygens (including phenoxy) is 1. The summed E-state index contributed by atoms with van der Waals surface area (Å²) in [6.45, 7) is 1.76. The van der Waals surface area contributed by atoms with Crippen LogP contribution in [0.2, 0.25) is 0 Å². The molecule has 1 nitrogen and oxygen atoms in total. The van der Waals surface area contributed by atoms with Gasteiger partial charge in [0.25, 0.3) is 0 Å². The van der Waals surface area contributed by atoms with E-state index in [9.17, 15) is 0 Å². The second-order valence-electron chi connectivity index (χ2n) is 0.940. The van der Waals surface area contributed by atoms with E-state index in [1.54, 1.807) is 14.0 Å². The van der Waals surface area contributed by atoms with Gasteiger partial charge >= 0.3 is 0 Å². The summed E-state index contributed by atoms with van der Waals surface area (Å²) in [5.74, 6) is 0. The van der Waals surface area contributed by atoms with E-state index in [0.29, 0.717) is 5.03 Å². The lowest BCUT2D eigenvalue weighted by Gasteiger charge is -1.83. The second kappa shape index (κ2) is 3.04. The van der Waals surface area contributed by atoms with Crippen LogP contribution >= 0.6 is 11.6 Å². The van der Waals surface area contributed by atoms with Gasteiger partial charge in [-0.2, -0.15) is 0 Å². The van der Waals surface area contributed by atoms with Crippen molar-refractivity contribution in [1.82, 2.24) is 0 Å². The van der Waals surface area contributed by atoms with E-state index in [1.807, 2.05) is 0 Å². The van der Waals surface area contributed by atoms with Crippen LogP contribution in [0.1, 0.15) is 6.92 Å². The minimum Gasteiger partial charge on any atom is -0.503 e. The van der Waals surface area contributed by atoms with E-state index in [-0.39, 0.29) is 0 Å². The fraction of sp³-hybridized carbons (Fsp3) is 0.500. The molecule has 0 amide bonds. The predicted octanol–water partition coefficient (Wildman–Crippen LogP) is 1.73. The van der Waals surface area contributed by atoms with Crippen molar-refractivity contribution in [3.8, 4) is 0 Å². The molecule has 0 saturated carbocycles. The maximum absolute atomic E-state index is 5.31. The molecule has 0 aromatic heterocycles. The Balaban J connectivity index is 3.14. The van der Waals surface area contributed by atoms with Crippen LogP contribution in [0.5, 0.6) is 0 Å². The molecule has 0 unspecified atom stereocenters. The van der Waals surface area contributed by atoms with Gasteiger partial charge in [-0.05, 0) is 6.92 Å². The van der Waals surface area contributed by atoms with Gasteiger partial charge in [0.1, 0.15) is 0 Å². The van der Waals surface area contributed by atoms with Crippen LogP contribution in [-0.2, 0) is 4.74 Å². The molecule has 0 radical (unpaired) electrons. The Hall–Kier alpha value is -0.170. The summed E-state index contributed by atoms with van der Waals surface area (Å²) in [6, 6.07) is 0. The van der Waals surface area contributed by atoms with Crippen molar-refractivity contribution in [2.75, 3.05) is 7.11 Å². The molecular formula is C4H7ClO. The number of rotatable bonds is 1. The van der Waals surface area contributed by atoms with Gasteiger partial charge in [0.05, 0.1) is 13.4 Å². The fourth-order valence-electron chi connectivity index (χ4n) is 0.162. The van der Waals surface area contributed by atoms with E-state index < -0.39 is 0 Å². The van der Waals surface area contributed by atoms with Gasteiger partial charge in [-0.15, -0.1) is 0 Å². The zero-order valence-corrected chi connectivity index (χ0v) is 4.62. The SMILES string of the molecule is COC=C(C)Cl. The highest BCUT2D eigenvalue weighted by Gasteiger charge is 1.70. The Morgan fingerprint density at radius 1 is 1.83 bits per heavy atom. The zero-order valence-electron chi connectivity index (χ0n) is 3.86. The van der Waals surface area contributed by atoms with E-state index >= 15 is 0 Å². The highest BCUT2D eigenvalue weighted by Crippen LogP contribution is 1.95. The highest BCUT2D eigenvalue weighted by molar-refractivity contribution is 6.29. The molecule has 0 aliphatic carbocycles. The predicted molar refractivity (Wildman–Crippen MR) is 26.6 cm³/mol. The quantitative estimate of drug-likeness (QED) is 0.463. The molecule has 0 atom stereocenters. The molecule has 0 aromatic carbocycles. The van der Waals surface area contributed by atoms with Crippen molar-refractivity contribution in [2.45, 2.75) is 6.92 Å². The molecule has 0 aromatic rings. The van der Waals surface area contributed by atoms with Gasteiger partial charge in [-0.3, -0.25) is 0 Å². The Morgan fingerprint density at radius 2 is 2.33 bits per heavy atom. The number of hydrogen-bond donors (Lipinski definition) is 0. The Morgan fingerprint density at radius 3 is 2.33 bits per heavy atom. The van der Waals surface area contributed by atoms with E-state index in [1.165, 1.54) is 6.26 Å². The summed E-state index contributed by atoms with van der Waals surface area (Å²) in [6.07, 6.45) is 1.47. The van der Waals surface area contributed by atoms with Crippen LogP contribution in [-0.4, -0.2) is 7.11 Å². The van der Waals surface area contributed by atoms with E-state index in [0.717, 1.165) is 0 Å². The van der Waals surface area contributed by atoms with Crippen molar-refractivity contribution < 1.29 is 4.74 Å². The smallest absolute Gasteiger partial charge is 0.0966 e. The molecule has 0 heterocycles. The first kappa shape index (κ1) is 5.83. The van der Waals surface area contributed by atoms with Crippen molar-refractivity contribution in [3.05, 3.63) is 11.3 Å². The van der Waals surface area contributed by atoms with Crippen LogP contribution in [0.4, 0.5) is 0 Å². The normalized spacial score (nSPS) is 11.5. The van der Waals surface area contributed by atoms with Crippen LogP contribution in [0.3, 0.4) is 0 Å². The van der Waals surface area contributed by atoms with E-state index in [4.69, 9.17) is 11.6 Å². The molecule has 6 heavy (non-hydrogen) atoms. The fourth-order valence-corrected chi connectivity index (χ4v) is 0.251. The molecule has 0 bridgehead atoms. The molecule has 0 aliphatic rings. The zero-order chi connectivity index (χ0) is 4.99. The lowest BCUT2D eigenvalue weighted by molar-refractivity contribution is 0.336. The number of hydrogen-bond acceptors (Lipinski definition) is 1. The van der Waals surface area contributed by atoms with Crippen LogP contribution < -0.4 is 0 Å². The van der Waals surface area contributed by atoms with Gasteiger partial charge in [-0.25, -0.2) is 0 Å². The summed E-state index contributed by atoms with van der Waals surface area (Å²) in [5.41, 5.74) is 0. The molecule has 0 spiro atoms. The Labute approximate surface area is 42.6 Å². The summed E-state index contributed by atoms with van der Waals surface area (Å²) in [4.78, 5) is 0. The number of halogens is 1. The minimum absolute atomic E-state index is 0.664. The summed E-state index contributed by atoms with van der Waals surface area (Å²) >= 11 is 5.31. The maximum Gasteiger partial charge on any atom is 0.0966 e. The molecule has 0 rings (SSSR count). The number of allylic oxidation sites excluding steroid dienone is 1. The average molecular weight is 107 g/mol. The van der Waals surface area contributed by atoms with Crippen molar-refractivity contribution in [1.29, 1.82) is 0 Å². The first-order chi connectivity index (χ1) is 2.77. The van der Waals surface area contributed by atoms with Crippen molar-refractivity contribution >= 4 is 11.6 Å². The van der Waals surface area contributed by atoms with Gasteiger partial charge in [0.2, 0.25) is 0 Å². The Kier molecular flexibility index (Phi) is 2.95. The van der Waals surface area contributed by atoms with Gasteiger partial charge < -0.3 is 4.74 Å². The lowest BCUT2D eigenvalue weighted by atomic mass is 10.7.